The van der Waals surface area contributed by atoms with E-state index in [9.17, 15) is 0 Å². The smallest absolute Gasteiger partial charge is 0.238 e. The van der Waals surface area contributed by atoms with Gasteiger partial charge < -0.3 is 13.9 Å². The second-order valence-electron chi connectivity index (χ2n) is 6.58. The first-order chi connectivity index (χ1) is 13.3. The van der Waals surface area contributed by atoms with Crippen LogP contribution in [0.25, 0.3) is 33.8 Å². The molecule has 5 aromatic rings. The number of nitrogens with zero attached hydrogens (tertiary/aromatic N) is 2. The standard InChI is InChI=1S/C22H17N3O2/c1-14-6-8-15(9-7-14)19-10-11-20(26-19)22-24-21(27-25-22)12-16-13-23-18-5-3-2-4-17(16)18/h2-11,13,23H,12H2,1H3. The van der Waals surface area contributed by atoms with Gasteiger partial charge in [0.05, 0.1) is 6.42 Å². The Hall–Kier alpha value is -3.60. The molecule has 0 radical (unpaired) electrons. The summed E-state index contributed by atoms with van der Waals surface area (Å²) in [5.41, 5.74) is 4.46. The first-order valence-electron chi connectivity index (χ1n) is 8.81. The molecule has 3 aromatic heterocycles. The Morgan fingerprint density at radius 1 is 0.926 bits per heavy atom. The third-order valence-corrected chi connectivity index (χ3v) is 4.65. The molecule has 0 amide bonds. The van der Waals surface area contributed by atoms with Gasteiger partial charge in [-0.1, -0.05) is 53.2 Å². The zero-order chi connectivity index (χ0) is 18.2. The van der Waals surface area contributed by atoms with Crippen molar-refractivity contribution >= 4 is 10.9 Å². The number of hydrogen-bond donors (Lipinski definition) is 1. The molecule has 1 N–H and O–H groups in total. The molecule has 0 fully saturated rings. The summed E-state index contributed by atoms with van der Waals surface area (Å²) in [4.78, 5) is 7.76. The van der Waals surface area contributed by atoms with Crippen LogP contribution in [0.2, 0.25) is 0 Å². The number of hydrogen-bond acceptors (Lipinski definition) is 4. The predicted octanol–water partition coefficient (Wildman–Crippen LogP) is 5.38. The van der Waals surface area contributed by atoms with Gasteiger partial charge in [-0.05, 0) is 30.7 Å². The van der Waals surface area contributed by atoms with Gasteiger partial charge in [0.15, 0.2) is 5.76 Å². The Morgan fingerprint density at radius 3 is 2.63 bits per heavy atom. The van der Waals surface area contributed by atoms with E-state index in [1.807, 2.05) is 48.7 Å². The zero-order valence-corrected chi connectivity index (χ0v) is 14.8. The lowest BCUT2D eigenvalue weighted by Crippen LogP contribution is -1.87. The zero-order valence-electron chi connectivity index (χ0n) is 14.8. The van der Waals surface area contributed by atoms with E-state index < -0.39 is 0 Å². The monoisotopic (exact) mass is 355 g/mol. The largest absolute Gasteiger partial charge is 0.453 e. The quantitative estimate of drug-likeness (QED) is 0.470. The van der Waals surface area contributed by atoms with Crippen molar-refractivity contribution in [1.29, 1.82) is 0 Å². The summed E-state index contributed by atoms with van der Waals surface area (Å²) < 4.78 is 11.4. The third kappa shape index (κ3) is 2.93. The minimum atomic E-state index is 0.461. The van der Waals surface area contributed by atoms with Gasteiger partial charge in [-0.15, -0.1) is 0 Å². The molecule has 27 heavy (non-hydrogen) atoms. The number of benzene rings is 2. The lowest BCUT2D eigenvalue weighted by molar-refractivity contribution is 0.384. The number of para-hydroxylation sites is 1. The van der Waals surface area contributed by atoms with Crippen molar-refractivity contribution in [3.05, 3.63) is 83.9 Å². The van der Waals surface area contributed by atoms with Crippen LogP contribution in [0, 0.1) is 6.92 Å². The molecule has 0 aliphatic heterocycles. The summed E-state index contributed by atoms with van der Waals surface area (Å²) in [6.07, 6.45) is 2.56. The van der Waals surface area contributed by atoms with Crippen LogP contribution in [0.3, 0.4) is 0 Å². The van der Waals surface area contributed by atoms with Gasteiger partial charge in [-0.3, -0.25) is 0 Å². The van der Waals surface area contributed by atoms with Crippen molar-refractivity contribution in [3.8, 4) is 22.9 Å². The molecular weight excluding hydrogens is 338 g/mol. The van der Waals surface area contributed by atoms with Crippen LogP contribution in [0.4, 0.5) is 0 Å². The van der Waals surface area contributed by atoms with Crippen molar-refractivity contribution in [3.63, 3.8) is 0 Å². The average molecular weight is 355 g/mol. The lowest BCUT2D eigenvalue weighted by Gasteiger charge is -1.97. The first kappa shape index (κ1) is 15.6. The number of fused-ring (bicyclic) bond motifs is 1. The van der Waals surface area contributed by atoms with Crippen LogP contribution >= 0.6 is 0 Å². The number of rotatable bonds is 4. The topological polar surface area (TPSA) is 67.8 Å². The Morgan fingerprint density at radius 2 is 1.74 bits per heavy atom. The predicted molar refractivity (Wildman–Crippen MR) is 103 cm³/mol. The highest BCUT2D eigenvalue weighted by molar-refractivity contribution is 5.83. The van der Waals surface area contributed by atoms with Crippen molar-refractivity contribution in [1.82, 2.24) is 15.1 Å². The minimum Gasteiger partial charge on any atom is -0.453 e. The molecule has 0 spiro atoms. The van der Waals surface area contributed by atoms with Gasteiger partial charge in [-0.25, -0.2) is 0 Å². The van der Waals surface area contributed by atoms with Gasteiger partial charge >= 0.3 is 0 Å². The summed E-state index contributed by atoms with van der Waals surface area (Å²) in [6, 6.07) is 20.2. The highest BCUT2D eigenvalue weighted by Crippen LogP contribution is 2.28. The van der Waals surface area contributed by atoms with E-state index in [2.05, 4.69) is 40.2 Å². The summed E-state index contributed by atoms with van der Waals surface area (Å²) in [6.45, 7) is 2.06. The molecular formula is C22H17N3O2. The van der Waals surface area contributed by atoms with Gasteiger partial charge in [0.1, 0.15) is 5.76 Å². The van der Waals surface area contributed by atoms with Crippen LogP contribution in [0.15, 0.2) is 75.8 Å². The molecule has 132 valence electrons. The first-order valence-corrected chi connectivity index (χ1v) is 8.81. The van der Waals surface area contributed by atoms with Crippen LogP contribution in [-0.4, -0.2) is 15.1 Å². The number of furan rings is 1. The summed E-state index contributed by atoms with van der Waals surface area (Å²) in [7, 11) is 0. The minimum absolute atomic E-state index is 0.461. The maximum atomic E-state index is 5.92. The van der Waals surface area contributed by atoms with E-state index in [1.165, 1.54) is 5.56 Å². The van der Waals surface area contributed by atoms with Gasteiger partial charge in [0, 0.05) is 22.7 Å². The maximum absolute atomic E-state index is 5.92. The molecule has 0 bridgehead atoms. The molecule has 0 atom stereocenters. The molecule has 2 aromatic carbocycles. The van der Waals surface area contributed by atoms with Gasteiger partial charge in [-0.2, -0.15) is 4.98 Å². The molecule has 5 rings (SSSR count). The number of H-pyrrole nitrogens is 1. The number of aromatic nitrogens is 3. The molecule has 0 saturated heterocycles. The SMILES string of the molecule is Cc1ccc(-c2ccc(-c3noc(Cc4c[nH]c5ccccc45)n3)o2)cc1. The van der Waals surface area contributed by atoms with Crippen LogP contribution in [0.1, 0.15) is 17.0 Å². The normalized spacial score (nSPS) is 11.3. The summed E-state index contributed by atoms with van der Waals surface area (Å²) >= 11 is 0. The Bertz CT molecular complexity index is 1210. The van der Waals surface area contributed by atoms with Crippen molar-refractivity contribution < 1.29 is 8.94 Å². The number of aryl methyl sites for hydroxylation is 1. The number of aromatic amines is 1. The number of nitrogens with one attached hydrogen (secondary N) is 1. The Labute approximate surface area is 155 Å². The van der Waals surface area contributed by atoms with Crippen molar-refractivity contribution in [2.75, 3.05) is 0 Å². The van der Waals surface area contributed by atoms with Gasteiger partial charge in [0.2, 0.25) is 11.7 Å². The lowest BCUT2D eigenvalue weighted by atomic mass is 10.1. The molecule has 5 nitrogen and oxygen atoms in total. The Kier molecular flexibility index (Phi) is 3.64. The molecule has 3 heterocycles. The second kappa shape index (κ2) is 6.29. The van der Waals surface area contributed by atoms with Crippen molar-refractivity contribution in [2.24, 2.45) is 0 Å². The third-order valence-electron chi connectivity index (χ3n) is 4.65. The maximum Gasteiger partial charge on any atom is 0.238 e. The fourth-order valence-electron chi connectivity index (χ4n) is 3.20. The Balaban J connectivity index is 1.40. The molecule has 0 aliphatic carbocycles. The van der Waals surface area contributed by atoms with Crippen molar-refractivity contribution in [2.45, 2.75) is 13.3 Å². The van der Waals surface area contributed by atoms with Crippen LogP contribution in [0.5, 0.6) is 0 Å². The van der Waals surface area contributed by atoms with E-state index in [0.29, 0.717) is 23.9 Å². The van der Waals surface area contributed by atoms with E-state index in [1.54, 1.807) is 0 Å². The van der Waals surface area contributed by atoms with E-state index in [-0.39, 0.29) is 0 Å². The summed E-state index contributed by atoms with van der Waals surface area (Å²) in [5.74, 6) is 2.40. The molecule has 0 aliphatic rings. The van der Waals surface area contributed by atoms with Crippen LogP contribution in [-0.2, 0) is 6.42 Å². The average Bonchev–Trinajstić information content (AvgIpc) is 3.43. The molecule has 0 unspecified atom stereocenters. The van der Waals surface area contributed by atoms with E-state index in [0.717, 1.165) is 27.8 Å². The molecule has 0 saturated carbocycles. The second-order valence-corrected chi connectivity index (χ2v) is 6.58. The van der Waals surface area contributed by atoms with Crippen LogP contribution < -0.4 is 0 Å². The fourth-order valence-corrected chi connectivity index (χ4v) is 3.20. The van der Waals surface area contributed by atoms with E-state index >= 15 is 0 Å². The highest BCUT2D eigenvalue weighted by atomic mass is 16.5. The molecule has 5 heteroatoms. The fraction of sp³-hybridized carbons (Fsp3) is 0.0909. The summed E-state index contributed by atoms with van der Waals surface area (Å²) in [5, 5.41) is 5.24. The van der Waals surface area contributed by atoms with Gasteiger partial charge in [0.25, 0.3) is 0 Å². The highest BCUT2D eigenvalue weighted by Gasteiger charge is 2.15. The van der Waals surface area contributed by atoms with E-state index in [4.69, 9.17) is 8.94 Å².